The second-order valence-electron chi connectivity index (χ2n) is 6.50. The number of aliphatic hydroxyl groups excluding tert-OH is 1. The van der Waals surface area contributed by atoms with E-state index >= 15 is 0 Å². The molecule has 0 saturated heterocycles. The summed E-state index contributed by atoms with van der Waals surface area (Å²) in [5.74, 6) is 0.646. The summed E-state index contributed by atoms with van der Waals surface area (Å²) in [7, 11) is 1.72. The number of nitrogens with one attached hydrogen (secondary N) is 2. The standard InChI is InChI=1S/C22H22N4OS.HI/c1-23-22(25-13-17-8-4-7-15-9-5-11-24-21(15)17)26-14-18(27)20-12-16-6-2-3-10-19(16)28-20;/h2-12,18,27H,13-14H2,1H3,(H2,23,25,26);1H. The Morgan fingerprint density at radius 1 is 1.07 bits per heavy atom. The number of aliphatic imine (C=N–C) groups is 1. The van der Waals surface area contributed by atoms with Gasteiger partial charge in [-0.05, 0) is 29.1 Å². The molecular formula is C22H23IN4OS. The number of hydrogen-bond donors (Lipinski definition) is 3. The van der Waals surface area contributed by atoms with Gasteiger partial charge in [0.1, 0.15) is 6.10 Å². The number of thiophene rings is 1. The molecule has 1 atom stereocenters. The van der Waals surface area contributed by atoms with Gasteiger partial charge in [0.15, 0.2) is 5.96 Å². The minimum atomic E-state index is -0.588. The summed E-state index contributed by atoms with van der Waals surface area (Å²) >= 11 is 1.62. The molecule has 150 valence electrons. The minimum absolute atomic E-state index is 0. The Hall–Kier alpha value is -2.23. The average Bonchev–Trinajstić information content (AvgIpc) is 3.18. The van der Waals surface area contributed by atoms with Crippen molar-refractivity contribution < 1.29 is 5.11 Å². The Balaban J connectivity index is 0.00000240. The number of hydrogen-bond acceptors (Lipinski definition) is 4. The smallest absolute Gasteiger partial charge is 0.191 e. The maximum Gasteiger partial charge on any atom is 0.191 e. The van der Waals surface area contributed by atoms with Crippen LogP contribution in [-0.4, -0.2) is 29.6 Å². The van der Waals surface area contributed by atoms with Crippen molar-refractivity contribution in [2.45, 2.75) is 12.6 Å². The van der Waals surface area contributed by atoms with Gasteiger partial charge in [0, 0.05) is 41.3 Å². The van der Waals surface area contributed by atoms with Gasteiger partial charge >= 0.3 is 0 Å². The molecule has 0 amide bonds. The lowest BCUT2D eigenvalue weighted by Gasteiger charge is -2.15. The lowest BCUT2D eigenvalue weighted by Crippen LogP contribution is -2.38. The Morgan fingerprint density at radius 2 is 1.86 bits per heavy atom. The molecule has 0 aliphatic carbocycles. The van der Waals surface area contributed by atoms with Crippen molar-refractivity contribution in [1.29, 1.82) is 0 Å². The molecule has 1 unspecified atom stereocenters. The van der Waals surface area contributed by atoms with Crippen molar-refractivity contribution in [3.05, 3.63) is 77.3 Å². The molecule has 0 spiro atoms. The number of nitrogens with zero attached hydrogens (tertiary/aromatic N) is 2. The first-order valence-electron chi connectivity index (χ1n) is 9.18. The van der Waals surface area contributed by atoms with E-state index < -0.39 is 6.10 Å². The zero-order valence-electron chi connectivity index (χ0n) is 16.0. The van der Waals surface area contributed by atoms with Crippen molar-refractivity contribution in [3.63, 3.8) is 0 Å². The average molecular weight is 518 g/mol. The maximum absolute atomic E-state index is 10.5. The lowest BCUT2D eigenvalue weighted by atomic mass is 10.1. The molecule has 29 heavy (non-hydrogen) atoms. The fraction of sp³-hybridized carbons (Fsp3) is 0.182. The summed E-state index contributed by atoms with van der Waals surface area (Å²) < 4.78 is 1.18. The van der Waals surface area contributed by atoms with E-state index in [0.717, 1.165) is 26.7 Å². The molecule has 4 rings (SSSR count). The molecular weight excluding hydrogens is 495 g/mol. The van der Waals surface area contributed by atoms with Gasteiger partial charge in [0.05, 0.1) is 5.52 Å². The number of aromatic nitrogens is 1. The Labute approximate surface area is 190 Å². The van der Waals surface area contributed by atoms with Gasteiger partial charge in [-0.25, -0.2) is 0 Å². The van der Waals surface area contributed by atoms with Crippen LogP contribution in [0.25, 0.3) is 21.0 Å². The van der Waals surface area contributed by atoms with Gasteiger partial charge in [0.2, 0.25) is 0 Å². The zero-order chi connectivity index (χ0) is 19.3. The number of pyridine rings is 1. The highest BCUT2D eigenvalue weighted by molar-refractivity contribution is 14.0. The van der Waals surface area contributed by atoms with Gasteiger partial charge in [0.25, 0.3) is 0 Å². The van der Waals surface area contributed by atoms with Gasteiger partial charge in [-0.15, -0.1) is 35.3 Å². The topological polar surface area (TPSA) is 69.5 Å². The van der Waals surface area contributed by atoms with Crippen LogP contribution in [0.1, 0.15) is 16.5 Å². The van der Waals surface area contributed by atoms with Crippen molar-refractivity contribution in [2.75, 3.05) is 13.6 Å². The predicted octanol–water partition coefficient (Wildman–Crippen LogP) is 4.47. The number of guanidine groups is 1. The van der Waals surface area contributed by atoms with E-state index in [0.29, 0.717) is 19.0 Å². The molecule has 3 N–H and O–H groups in total. The van der Waals surface area contributed by atoms with Crippen molar-refractivity contribution in [1.82, 2.24) is 15.6 Å². The SMILES string of the molecule is CN=C(NCc1cccc2cccnc12)NCC(O)c1cc2ccccc2s1.I. The van der Waals surface area contributed by atoms with Crippen LogP contribution in [0.4, 0.5) is 0 Å². The molecule has 2 heterocycles. The first kappa shape index (κ1) is 21.5. The number of para-hydroxylation sites is 1. The van der Waals surface area contributed by atoms with Crippen molar-refractivity contribution in [2.24, 2.45) is 4.99 Å². The fourth-order valence-corrected chi connectivity index (χ4v) is 4.22. The largest absolute Gasteiger partial charge is 0.386 e. The predicted molar refractivity (Wildman–Crippen MR) is 132 cm³/mol. The number of rotatable bonds is 5. The van der Waals surface area contributed by atoms with E-state index in [1.54, 1.807) is 24.6 Å². The van der Waals surface area contributed by atoms with Crippen molar-refractivity contribution >= 4 is 62.3 Å². The van der Waals surface area contributed by atoms with Crippen LogP contribution in [0.5, 0.6) is 0 Å². The first-order chi connectivity index (χ1) is 13.7. The molecule has 2 aromatic carbocycles. The summed E-state index contributed by atoms with van der Waals surface area (Å²) in [5, 5.41) is 19.3. The third-order valence-electron chi connectivity index (χ3n) is 4.62. The lowest BCUT2D eigenvalue weighted by molar-refractivity contribution is 0.184. The maximum atomic E-state index is 10.5. The second kappa shape index (κ2) is 10.00. The van der Waals surface area contributed by atoms with Crippen LogP contribution in [0.2, 0.25) is 0 Å². The van der Waals surface area contributed by atoms with Crippen LogP contribution < -0.4 is 10.6 Å². The van der Waals surface area contributed by atoms with E-state index in [1.807, 2.05) is 30.3 Å². The summed E-state index contributed by atoms with van der Waals surface area (Å²) in [6.45, 7) is 0.993. The normalized spacial score (nSPS) is 12.6. The molecule has 0 aliphatic rings. The minimum Gasteiger partial charge on any atom is -0.386 e. The van der Waals surface area contributed by atoms with Gasteiger partial charge in [-0.3, -0.25) is 9.98 Å². The van der Waals surface area contributed by atoms with E-state index in [-0.39, 0.29) is 24.0 Å². The molecule has 0 saturated carbocycles. The van der Waals surface area contributed by atoms with Crippen LogP contribution in [0.15, 0.2) is 71.9 Å². The number of halogens is 1. The van der Waals surface area contributed by atoms with E-state index in [4.69, 9.17) is 0 Å². The van der Waals surface area contributed by atoms with E-state index in [2.05, 4.69) is 50.9 Å². The first-order valence-corrected chi connectivity index (χ1v) is 10.00. The number of fused-ring (bicyclic) bond motifs is 2. The molecule has 2 aromatic heterocycles. The Kier molecular flexibility index (Phi) is 7.40. The number of benzene rings is 2. The highest BCUT2D eigenvalue weighted by Gasteiger charge is 2.12. The molecule has 7 heteroatoms. The molecule has 0 radical (unpaired) electrons. The molecule has 5 nitrogen and oxygen atoms in total. The van der Waals surface area contributed by atoms with Crippen LogP contribution in [0, 0.1) is 0 Å². The summed E-state index contributed by atoms with van der Waals surface area (Å²) in [6, 6.07) is 20.3. The van der Waals surface area contributed by atoms with E-state index in [9.17, 15) is 5.11 Å². The third-order valence-corrected chi connectivity index (χ3v) is 5.84. The molecule has 0 fully saturated rings. The molecule has 0 bridgehead atoms. The quantitative estimate of drug-likeness (QED) is 0.207. The molecule has 0 aliphatic heterocycles. The second-order valence-corrected chi connectivity index (χ2v) is 7.62. The summed E-state index contributed by atoms with van der Waals surface area (Å²) in [4.78, 5) is 9.69. The van der Waals surface area contributed by atoms with Crippen LogP contribution >= 0.6 is 35.3 Å². The Morgan fingerprint density at radius 3 is 2.69 bits per heavy atom. The van der Waals surface area contributed by atoms with Crippen molar-refractivity contribution in [3.8, 4) is 0 Å². The van der Waals surface area contributed by atoms with Crippen LogP contribution in [0.3, 0.4) is 0 Å². The van der Waals surface area contributed by atoms with Gasteiger partial charge in [-0.1, -0.05) is 42.5 Å². The fourth-order valence-electron chi connectivity index (χ4n) is 3.17. The van der Waals surface area contributed by atoms with Gasteiger partial charge in [-0.2, -0.15) is 0 Å². The highest BCUT2D eigenvalue weighted by atomic mass is 127. The third kappa shape index (κ3) is 5.04. The highest BCUT2D eigenvalue weighted by Crippen LogP contribution is 2.29. The summed E-state index contributed by atoms with van der Waals surface area (Å²) in [6.07, 6.45) is 1.22. The Bertz CT molecular complexity index is 1090. The zero-order valence-corrected chi connectivity index (χ0v) is 19.1. The van der Waals surface area contributed by atoms with E-state index in [1.165, 1.54) is 4.70 Å². The van der Waals surface area contributed by atoms with Gasteiger partial charge < -0.3 is 15.7 Å². The summed E-state index contributed by atoms with van der Waals surface area (Å²) in [5.41, 5.74) is 2.09. The van der Waals surface area contributed by atoms with Crippen LogP contribution in [-0.2, 0) is 6.54 Å². The number of aliphatic hydroxyl groups is 1. The monoisotopic (exact) mass is 518 g/mol. The molecule has 4 aromatic rings.